The summed E-state index contributed by atoms with van der Waals surface area (Å²) in [5, 5.41) is 0. The van der Waals surface area contributed by atoms with Gasteiger partial charge >= 0.3 is 0 Å². The Hall–Kier alpha value is -0.940. The first-order valence-electron chi connectivity index (χ1n) is 5.68. The Labute approximate surface area is 99.9 Å². The third-order valence-corrected chi connectivity index (χ3v) is 4.54. The van der Waals surface area contributed by atoms with E-state index in [2.05, 4.69) is 14.2 Å². The van der Waals surface area contributed by atoms with Crippen LogP contribution in [0.2, 0.25) is 0 Å². The van der Waals surface area contributed by atoms with E-state index in [9.17, 15) is 0 Å². The Bertz CT molecular complexity index is 384. The summed E-state index contributed by atoms with van der Waals surface area (Å²) in [6, 6.07) is 2.72. The van der Waals surface area contributed by atoms with Crippen LogP contribution in [0.15, 0.2) is 18.5 Å². The lowest BCUT2D eigenvalue weighted by Gasteiger charge is -2.38. The molecule has 1 aromatic rings. The maximum atomic E-state index is 5.97. The normalized spacial score (nSPS) is 25.8. The molecule has 2 N–H and O–H groups in total. The minimum absolute atomic E-state index is 0.700. The first-order chi connectivity index (χ1) is 7.84. The molecule has 1 aromatic heterocycles. The predicted molar refractivity (Wildman–Crippen MR) is 68.4 cm³/mol. The molecule has 0 bridgehead atoms. The van der Waals surface area contributed by atoms with Crippen molar-refractivity contribution in [1.82, 2.24) is 9.29 Å². The molecule has 3 rings (SSSR count). The SMILES string of the molecule is Nc1cnccc1N1CCN2SCCC2C1. The molecule has 4 nitrogen and oxygen atoms in total. The van der Waals surface area contributed by atoms with Gasteiger partial charge in [0.1, 0.15) is 0 Å². The second-order valence-electron chi connectivity index (χ2n) is 4.30. The van der Waals surface area contributed by atoms with Crippen molar-refractivity contribution in [3.63, 3.8) is 0 Å². The van der Waals surface area contributed by atoms with Gasteiger partial charge in [-0.1, -0.05) is 11.9 Å². The molecular weight excluding hydrogens is 220 g/mol. The van der Waals surface area contributed by atoms with Crippen molar-refractivity contribution in [2.75, 3.05) is 36.0 Å². The van der Waals surface area contributed by atoms with Gasteiger partial charge in [0.05, 0.1) is 17.6 Å². The summed E-state index contributed by atoms with van der Waals surface area (Å²) >= 11 is 1.99. The monoisotopic (exact) mass is 236 g/mol. The minimum Gasteiger partial charge on any atom is -0.396 e. The van der Waals surface area contributed by atoms with Gasteiger partial charge in [0.15, 0.2) is 0 Å². The number of piperazine rings is 1. The quantitative estimate of drug-likeness (QED) is 0.743. The van der Waals surface area contributed by atoms with Crippen LogP contribution in [-0.4, -0.2) is 40.7 Å². The lowest BCUT2D eigenvalue weighted by Crippen LogP contribution is -2.48. The fourth-order valence-corrected chi connectivity index (χ4v) is 3.66. The lowest BCUT2D eigenvalue weighted by molar-refractivity contribution is 0.330. The van der Waals surface area contributed by atoms with E-state index in [0.29, 0.717) is 6.04 Å². The fraction of sp³-hybridized carbons (Fsp3) is 0.545. The van der Waals surface area contributed by atoms with Crippen molar-refractivity contribution in [3.8, 4) is 0 Å². The summed E-state index contributed by atoms with van der Waals surface area (Å²) in [4.78, 5) is 6.43. The molecule has 1 unspecified atom stereocenters. The van der Waals surface area contributed by atoms with Crippen molar-refractivity contribution in [3.05, 3.63) is 18.5 Å². The smallest absolute Gasteiger partial charge is 0.0738 e. The summed E-state index contributed by atoms with van der Waals surface area (Å²) in [7, 11) is 0. The number of pyridine rings is 1. The van der Waals surface area contributed by atoms with E-state index in [0.717, 1.165) is 31.0 Å². The van der Waals surface area contributed by atoms with E-state index >= 15 is 0 Å². The number of anilines is 2. The number of aromatic nitrogens is 1. The average Bonchev–Trinajstić information content (AvgIpc) is 2.76. The van der Waals surface area contributed by atoms with Gasteiger partial charge in [0, 0.05) is 37.6 Å². The molecule has 2 aliphatic rings. The molecule has 2 saturated heterocycles. The third kappa shape index (κ3) is 1.74. The standard InChI is InChI=1S/C11H16N4S/c12-10-7-13-3-1-11(10)14-4-5-15-9(8-14)2-6-16-15/h1,3,7,9H,2,4-6,8,12H2. The summed E-state index contributed by atoms with van der Waals surface area (Å²) in [5.41, 5.74) is 7.90. The van der Waals surface area contributed by atoms with Crippen LogP contribution in [-0.2, 0) is 0 Å². The maximum Gasteiger partial charge on any atom is 0.0738 e. The highest BCUT2D eigenvalue weighted by Gasteiger charge is 2.31. The van der Waals surface area contributed by atoms with Gasteiger partial charge in [0.25, 0.3) is 0 Å². The number of rotatable bonds is 1. The Kier molecular flexibility index (Phi) is 2.65. The Morgan fingerprint density at radius 2 is 2.38 bits per heavy atom. The predicted octanol–water partition coefficient (Wildman–Crippen LogP) is 1.21. The topological polar surface area (TPSA) is 45.4 Å². The van der Waals surface area contributed by atoms with Gasteiger partial charge < -0.3 is 10.6 Å². The Morgan fingerprint density at radius 3 is 3.25 bits per heavy atom. The van der Waals surface area contributed by atoms with Crippen molar-refractivity contribution in [2.24, 2.45) is 0 Å². The van der Waals surface area contributed by atoms with Gasteiger partial charge in [-0.25, -0.2) is 4.31 Å². The number of hydrogen-bond donors (Lipinski definition) is 1. The second kappa shape index (κ2) is 4.14. The van der Waals surface area contributed by atoms with E-state index < -0.39 is 0 Å². The molecule has 0 aliphatic carbocycles. The number of nitrogens with two attached hydrogens (primary N) is 1. The molecule has 0 radical (unpaired) electrons. The van der Waals surface area contributed by atoms with E-state index in [1.165, 1.54) is 12.2 Å². The number of hydrogen-bond acceptors (Lipinski definition) is 5. The van der Waals surface area contributed by atoms with Gasteiger partial charge in [-0.2, -0.15) is 0 Å². The van der Waals surface area contributed by atoms with Crippen LogP contribution in [0.1, 0.15) is 6.42 Å². The van der Waals surface area contributed by atoms with Crippen LogP contribution in [0.4, 0.5) is 11.4 Å². The van der Waals surface area contributed by atoms with E-state index in [-0.39, 0.29) is 0 Å². The van der Waals surface area contributed by atoms with Crippen LogP contribution in [0.3, 0.4) is 0 Å². The minimum atomic E-state index is 0.700. The number of nitrogen functional groups attached to an aromatic ring is 1. The Morgan fingerprint density at radius 1 is 1.44 bits per heavy atom. The van der Waals surface area contributed by atoms with Crippen LogP contribution in [0, 0.1) is 0 Å². The molecule has 1 atom stereocenters. The van der Waals surface area contributed by atoms with Gasteiger partial charge in [-0.3, -0.25) is 4.98 Å². The average molecular weight is 236 g/mol. The molecule has 0 saturated carbocycles. The fourth-order valence-electron chi connectivity index (χ4n) is 2.46. The van der Waals surface area contributed by atoms with Crippen LogP contribution in [0.25, 0.3) is 0 Å². The van der Waals surface area contributed by atoms with Crippen molar-refractivity contribution >= 4 is 23.3 Å². The molecule has 2 fully saturated rings. The molecule has 5 heteroatoms. The Balaban J connectivity index is 1.79. The van der Waals surface area contributed by atoms with Gasteiger partial charge in [-0.15, -0.1) is 0 Å². The lowest BCUT2D eigenvalue weighted by atomic mass is 10.1. The largest absolute Gasteiger partial charge is 0.396 e. The van der Waals surface area contributed by atoms with Crippen molar-refractivity contribution < 1.29 is 0 Å². The van der Waals surface area contributed by atoms with Crippen molar-refractivity contribution in [2.45, 2.75) is 12.5 Å². The molecule has 2 aliphatic heterocycles. The van der Waals surface area contributed by atoms with Crippen LogP contribution >= 0.6 is 11.9 Å². The van der Waals surface area contributed by atoms with Crippen LogP contribution < -0.4 is 10.6 Å². The number of nitrogens with zero attached hydrogens (tertiary/aromatic N) is 3. The highest BCUT2D eigenvalue weighted by molar-refractivity contribution is 7.97. The zero-order valence-corrected chi connectivity index (χ0v) is 9.99. The van der Waals surface area contributed by atoms with Gasteiger partial charge in [0.2, 0.25) is 0 Å². The first kappa shape index (κ1) is 10.2. The molecule has 86 valence electrons. The molecule has 3 heterocycles. The van der Waals surface area contributed by atoms with E-state index in [4.69, 9.17) is 5.73 Å². The molecular formula is C11H16N4S. The number of fused-ring (bicyclic) bond motifs is 1. The van der Waals surface area contributed by atoms with E-state index in [1.54, 1.807) is 6.20 Å². The molecule has 0 spiro atoms. The summed E-state index contributed by atoms with van der Waals surface area (Å²) in [6.45, 7) is 3.30. The highest BCUT2D eigenvalue weighted by Crippen LogP contribution is 2.32. The zero-order valence-electron chi connectivity index (χ0n) is 9.17. The van der Waals surface area contributed by atoms with E-state index in [1.807, 2.05) is 24.2 Å². The summed E-state index contributed by atoms with van der Waals surface area (Å²) < 4.78 is 2.52. The second-order valence-corrected chi connectivity index (χ2v) is 5.43. The van der Waals surface area contributed by atoms with Gasteiger partial charge in [-0.05, 0) is 12.5 Å². The van der Waals surface area contributed by atoms with Crippen molar-refractivity contribution in [1.29, 1.82) is 0 Å². The molecule has 16 heavy (non-hydrogen) atoms. The third-order valence-electron chi connectivity index (χ3n) is 3.31. The highest BCUT2D eigenvalue weighted by atomic mass is 32.2. The zero-order chi connectivity index (χ0) is 11.0. The maximum absolute atomic E-state index is 5.97. The first-order valence-corrected chi connectivity index (χ1v) is 6.63. The molecule has 0 amide bonds. The molecule has 0 aromatic carbocycles. The summed E-state index contributed by atoms with van der Waals surface area (Å²) in [6.07, 6.45) is 4.86. The summed E-state index contributed by atoms with van der Waals surface area (Å²) in [5.74, 6) is 1.27. The van der Waals surface area contributed by atoms with Crippen LogP contribution in [0.5, 0.6) is 0 Å².